The molecule has 0 radical (unpaired) electrons. The average molecular weight is 287 g/mol. The summed E-state index contributed by atoms with van der Waals surface area (Å²) in [5.74, 6) is 0.711. The molecule has 0 spiro atoms. The van der Waals surface area contributed by atoms with Crippen molar-refractivity contribution in [2.24, 2.45) is 0 Å². The van der Waals surface area contributed by atoms with Crippen LogP contribution in [0, 0.1) is 6.92 Å². The van der Waals surface area contributed by atoms with Crippen molar-refractivity contribution in [2.75, 3.05) is 18.4 Å². The van der Waals surface area contributed by atoms with Gasteiger partial charge in [-0.25, -0.2) is 4.52 Å². The Morgan fingerprint density at radius 2 is 1.95 bits per heavy atom. The molecule has 1 aliphatic rings. The summed E-state index contributed by atoms with van der Waals surface area (Å²) in [5.41, 5.74) is 2.08. The maximum Gasteiger partial charge on any atom is 0.243 e. The van der Waals surface area contributed by atoms with Crippen LogP contribution in [0.4, 0.5) is 5.95 Å². The standard InChI is InChI=1S/C16H25N5/c1-13-8-9-15-19-16(20-21(15)12-13)18-11-10-17-14-6-4-2-3-5-7-14/h8-9,12,14,17H,2-7,10-11H2,1H3,(H,18,20). The Balaban J connectivity index is 1.45. The predicted octanol–water partition coefficient (Wildman–Crippen LogP) is 2.76. The molecule has 5 heteroatoms. The molecule has 1 aliphatic carbocycles. The fraction of sp³-hybridized carbons (Fsp3) is 0.625. The highest BCUT2D eigenvalue weighted by molar-refractivity contribution is 5.44. The van der Waals surface area contributed by atoms with Crippen LogP contribution in [0.1, 0.15) is 44.1 Å². The molecular weight excluding hydrogens is 262 g/mol. The maximum absolute atomic E-state index is 4.47. The van der Waals surface area contributed by atoms with E-state index in [2.05, 4.69) is 33.7 Å². The Kier molecular flexibility index (Phi) is 4.70. The molecule has 0 amide bonds. The summed E-state index contributed by atoms with van der Waals surface area (Å²) in [4.78, 5) is 4.47. The first kappa shape index (κ1) is 14.3. The Morgan fingerprint density at radius 1 is 1.14 bits per heavy atom. The van der Waals surface area contributed by atoms with Crippen LogP contribution >= 0.6 is 0 Å². The lowest BCUT2D eigenvalue weighted by Gasteiger charge is -2.15. The Bertz CT molecular complexity index is 569. The molecule has 0 bridgehead atoms. The van der Waals surface area contributed by atoms with E-state index < -0.39 is 0 Å². The van der Waals surface area contributed by atoms with Gasteiger partial charge in [-0.15, -0.1) is 5.10 Å². The molecule has 3 rings (SSSR count). The van der Waals surface area contributed by atoms with Gasteiger partial charge in [0.25, 0.3) is 0 Å². The van der Waals surface area contributed by atoms with Crippen molar-refractivity contribution in [2.45, 2.75) is 51.5 Å². The third-order valence-electron chi connectivity index (χ3n) is 4.18. The maximum atomic E-state index is 4.47. The number of hydrogen-bond donors (Lipinski definition) is 2. The number of aryl methyl sites for hydroxylation is 1. The van der Waals surface area contributed by atoms with Crippen LogP contribution in [0.15, 0.2) is 18.3 Å². The van der Waals surface area contributed by atoms with E-state index in [9.17, 15) is 0 Å². The SMILES string of the molecule is Cc1ccc2nc(NCCNC3CCCCCC3)nn2c1. The molecule has 1 saturated carbocycles. The zero-order chi connectivity index (χ0) is 14.5. The number of fused-ring (bicyclic) bond motifs is 1. The minimum Gasteiger partial charge on any atom is -0.352 e. The van der Waals surface area contributed by atoms with Crippen LogP contribution < -0.4 is 10.6 Å². The van der Waals surface area contributed by atoms with Crippen LogP contribution in [-0.4, -0.2) is 33.7 Å². The van der Waals surface area contributed by atoms with E-state index in [1.165, 1.54) is 44.1 Å². The highest BCUT2D eigenvalue weighted by Crippen LogP contribution is 2.16. The van der Waals surface area contributed by atoms with E-state index in [4.69, 9.17) is 0 Å². The van der Waals surface area contributed by atoms with Gasteiger partial charge in [0.15, 0.2) is 5.65 Å². The molecule has 0 atom stereocenters. The Labute approximate surface area is 126 Å². The van der Waals surface area contributed by atoms with E-state index in [1.54, 1.807) is 0 Å². The molecule has 5 nitrogen and oxygen atoms in total. The van der Waals surface area contributed by atoms with Crippen molar-refractivity contribution >= 4 is 11.6 Å². The minimum atomic E-state index is 0.700. The summed E-state index contributed by atoms with van der Waals surface area (Å²) in [6.45, 7) is 3.90. The first-order valence-corrected chi connectivity index (χ1v) is 8.11. The lowest BCUT2D eigenvalue weighted by molar-refractivity contribution is 0.468. The van der Waals surface area contributed by atoms with Gasteiger partial charge in [0, 0.05) is 25.3 Å². The molecule has 0 aliphatic heterocycles. The molecule has 114 valence electrons. The molecule has 2 N–H and O–H groups in total. The fourth-order valence-corrected chi connectivity index (χ4v) is 2.99. The van der Waals surface area contributed by atoms with E-state index in [0.29, 0.717) is 12.0 Å². The normalized spacial score (nSPS) is 17.0. The molecular formula is C16H25N5. The van der Waals surface area contributed by atoms with Gasteiger partial charge in [-0.2, -0.15) is 4.98 Å². The number of nitrogens with zero attached hydrogens (tertiary/aromatic N) is 3. The molecule has 0 unspecified atom stereocenters. The molecule has 0 aromatic carbocycles. The highest BCUT2D eigenvalue weighted by atomic mass is 15.3. The van der Waals surface area contributed by atoms with Gasteiger partial charge in [-0.3, -0.25) is 0 Å². The Hall–Kier alpha value is -1.62. The third-order valence-corrected chi connectivity index (χ3v) is 4.18. The monoisotopic (exact) mass is 287 g/mol. The van der Waals surface area contributed by atoms with Crippen molar-refractivity contribution in [1.82, 2.24) is 19.9 Å². The number of anilines is 1. The minimum absolute atomic E-state index is 0.700. The fourth-order valence-electron chi connectivity index (χ4n) is 2.99. The van der Waals surface area contributed by atoms with E-state index in [0.717, 1.165) is 18.7 Å². The molecule has 2 aromatic rings. The Morgan fingerprint density at radius 3 is 2.76 bits per heavy atom. The predicted molar refractivity (Wildman–Crippen MR) is 85.7 cm³/mol. The van der Waals surface area contributed by atoms with Gasteiger partial charge in [0.1, 0.15) is 0 Å². The highest BCUT2D eigenvalue weighted by Gasteiger charge is 2.11. The third kappa shape index (κ3) is 3.94. The first-order chi connectivity index (χ1) is 10.3. The van der Waals surface area contributed by atoms with Crippen molar-refractivity contribution in [3.8, 4) is 0 Å². The summed E-state index contributed by atoms with van der Waals surface area (Å²) in [6, 6.07) is 4.75. The van der Waals surface area contributed by atoms with Gasteiger partial charge in [-0.05, 0) is 31.4 Å². The first-order valence-electron chi connectivity index (χ1n) is 8.11. The second kappa shape index (κ2) is 6.89. The van der Waals surface area contributed by atoms with Gasteiger partial charge in [0.05, 0.1) is 0 Å². The average Bonchev–Trinajstić information content (AvgIpc) is 2.69. The number of nitrogens with one attached hydrogen (secondary N) is 2. The van der Waals surface area contributed by atoms with Gasteiger partial charge < -0.3 is 10.6 Å². The van der Waals surface area contributed by atoms with Crippen molar-refractivity contribution in [1.29, 1.82) is 0 Å². The lowest BCUT2D eigenvalue weighted by atomic mass is 10.1. The largest absolute Gasteiger partial charge is 0.352 e. The molecule has 2 aromatic heterocycles. The summed E-state index contributed by atoms with van der Waals surface area (Å²) in [7, 11) is 0. The second-order valence-corrected chi connectivity index (χ2v) is 6.01. The number of rotatable bonds is 5. The number of hydrogen-bond acceptors (Lipinski definition) is 4. The number of aromatic nitrogens is 3. The summed E-state index contributed by atoms with van der Waals surface area (Å²) in [5, 5.41) is 11.4. The molecule has 21 heavy (non-hydrogen) atoms. The van der Waals surface area contributed by atoms with E-state index >= 15 is 0 Å². The van der Waals surface area contributed by atoms with Crippen LogP contribution in [-0.2, 0) is 0 Å². The number of pyridine rings is 1. The zero-order valence-corrected chi connectivity index (χ0v) is 12.8. The van der Waals surface area contributed by atoms with Crippen LogP contribution in [0.3, 0.4) is 0 Å². The van der Waals surface area contributed by atoms with Crippen molar-refractivity contribution in [3.63, 3.8) is 0 Å². The topological polar surface area (TPSA) is 54.2 Å². The van der Waals surface area contributed by atoms with E-state index in [1.807, 2.05) is 16.8 Å². The van der Waals surface area contributed by atoms with Gasteiger partial charge >= 0.3 is 0 Å². The molecule has 1 fully saturated rings. The molecule has 2 heterocycles. The van der Waals surface area contributed by atoms with Gasteiger partial charge in [-0.1, -0.05) is 31.7 Å². The smallest absolute Gasteiger partial charge is 0.243 e. The van der Waals surface area contributed by atoms with E-state index in [-0.39, 0.29) is 0 Å². The summed E-state index contributed by atoms with van der Waals surface area (Å²) >= 11 is 0. The second-order valence-electron chi connectivity index (χ2n) is 6.01. The zero-order valence-electron chi connectivity index (χ0n) is 12.8. The van der Waals surface area contributed by atoms with Crippen LogP contribution in [0.5, 0.6) is 0 Å². The van der Waals surface area contributed by atoms with Crippen molar-refractivity contribution < 1.29 is 0 Å². The van der Waals surface area contributed by atoms with Gasteiger partial charge in [0.2, 0.25) is 5.95 Å². The van der Waals surface area contributed by atoms with Crippen molar-refractivity contribution in [3.05, 3.63) is 23.9 Å². The van der Waals surface area contributed by atoms with Crippen LogP contribution in [0.25, 0.3) is 5.65 Å². The molecule has 0 saturated heterocycles. The lowest BCUT2D eigenvalue weighted by Crippen LogP contribution is -2.32. The quantitative estimate of drug-likeness (QED) is 0.656. The summed E-state index contributed by atoms with van der Waals surface area (Å²) < 4.78 is 1.83. The summed E-state index contributed by atoms with van der Waals surface area (Å²) in [6.07, 6.45) is 10.2. The van der Waals surface area contributed by atoms with Crippen LogP contribution in [0.2, 0.25) is 0 Å².